The van der Waals surface area contributed by atoms with Gasteiger partial charge < -0.3 is 10.1 Å². The lowest BCUT2D eigenvalue weighted by Crippen LogP contribution is -2.33. The van der Waals surface area contributed by atoms with Crippen molar-refractivity contribution in [3.8, 4) is 11.4 Å². The second-order valence-electron chi connectivity index (χ2n) is 3.89. The minimum absolute atomic E-state index is 0.0993. The van der Waals surface area contributed by atoms with Gasteiger partial charge in [0.1, 0.15) is 22.5 Å². The number of hydrogen-bond acceptors (Lipinski definition) is 6. The molecule has 3 rings (SSSR count). The zero-order valence-corrected chi connectivity index (χ0v) is 11.1. The van der Waals surface area contributed by atoms with Crippen molar-refractivity contribution in [1.82, 2.24) is 15.3 Å². The van der Waals surface area contributed by atoms with E-state index in [4.69, 9.17) is 4.74 Å². The van der Waals surface area contributed by atoms with E-state index in [0.29, 0.717) is 0 Å². The second-order valence-corrected chi connectivity index (χ2v) is 5.84. The number of thiazole rings is 2. The van der Waals surface area contributed by atoms with Crippen LogP contribution in [0, 0.1) is 6.92 Å². The van der Waals surface area contributed by atoms with E-state index in [0.717, 1.165) is 41.1 Å². The Balaban J connectivity index is 1.82. The largest absolute Gasteiger partial charge is 0.368 e. The van der Waals surface area contributed by atoms with Gasteiger partial charge in [0, 0.05) is 23.8 Å². The zero-order chi connectivity index (χ0) is 11.7. The maximum atomic E-state index is 5.69. The molecule has 2 aromatic rings. The van der Waals surface area contributed by atoms with E-state index in [2.05, 4.69) is 20.7 Å². The van der Waals surface area contributed by atoms with Gasteiger partial charge in [0.25, 0.3) is 0 Å². The Morgan fingerprint density at radius 2 is 2.12 bits per heavy atom. The van der Waals surface area contributed by atoms with Crippen molar-refractivity contribution >= 4 is 22.7 Å². The van der Waals surface area contributed by atoms with Gasteiger partial charge in [0.2, 0.25) is 0 Å². The highest BCUT2D eigenvalue weighted by Crippen LogP contribution is 2.28. The number of ether oxygens (including phenoxy) is 1. The van der Waals surface area contributed by atoms with Gasteiger partial charge in [-0.1, -0.05) is 0 Å². The summed E-state index contributed by atoms with van der Waals surface area (Å²) in [7, 11) is 0. The van der Waals surface area contributed by atoms with E-state index in [1.165, 1.54) is 0 Å². The molecule has 90 valence electrons. The Hall–Kier alpha value is -0.820. The van der Waals surface area contributed by atoms with E-state index in [9.17, 15) is 0 Å². The molecule has 0 amide bonds. The Morgan fingerprint density at radius 3 is 2.82 bits per heavy atom. The van der Waals surface area contributed by atoms with Gasteiger partial charge in [-0.2, -0.15) is 0 Å². The number of aromatic nitrogens is 2. The van der Waals surface area contributed by atoms with E-state index < -0.39 is 0 Å². The monoisotopic (exact) mass is 267 g/mol. The third kappa shape index (κ3) is 2.40. The molecule has 1 aliphatic heterocycles. The molecule has 0 spiro atoms. The van der Waals surface area contributed by atoms with Crippen molar-refractivity contribution in [1.29, 1.82) is 0 Å². The Labute approximate surface area is 108 Å². The number of nitrogens with one attached hydrogen (secondary N) is 1. The van der Waals surface area contributed by atoms with Crippen LogP contribution >= 0.6 is 22.7 Å². The lowest BCUT2D eigenvalue weighted by molar-refractivity contribution is 0.0276. The Bertz CT molecular complexity index is 502. The Morgan fingerprint density at radius 1 is 1.29 bits per heavy atom. The van der Waals surface area contributed by atoms with Gasteiger partial charge in [-0.3, -0.25) is 0 Å². The topological polar surface area (TPSA) is 47.0 Å². The van der Waals surface area contributed by atoms with Gasteiger partial charge in [-0.05, 0) is 6.92 Å². The maximum Gasteiger partial charge on any atom is 0.124 e. The minimum Gasteiger partial charge on any atom is -0.368 e. The molecule has 1 saturated heterocycles. The van der Waals surface area contributed by atoms with Crippen molar-refractivity contribution in [2.45, 2.75) is 13.0 Å². The van der Waals surface area contributed by atoms with Crippen molar-refractivity contribution in [3.63, 3.8) is 0 Å². The quantitative estimate of drug-likeness (QED) is 0.906. The molecule has 17 heavy (non-hydrogen) atoms. The van der Waals surface area contributed by atoms with Crippen LogP contribution in [0.3, 0.4) is 0 Å². The molecular weight excluding hydrogens is 254 g/mol. The standard InChI is InChI=1S/C11H13N3OS2/c1-7-13-8(5-16-7)9-6-17-11(14-9)10-4-12-2-3-15-10/h5-6,10,12H,2-4H2,1H3. The highest BCUT2D eigenvalue weighted by Gasteiger charge is 2.19. The number of hydrogen-bond donors (Lipinski definition) is 1. The van der Waals surface area contributed by atoms with Crippen molar-refractivity contribution in [3.05, 3.63) is 20.8 Å². The molecule has 0 aliphatic carbocycles. The number of aryl methyl sites for hydroxylation is 1. The van der Waals surface area contributed by atoms with Gasteiger partial charge in [0.05, 0.1) is 11.6 Å². The smallest absolute Gasteiger partial charge is 0.124 e. The van der Waals surface area contributed by atoms with Crippen LogP contribution in [0.5, 0.6) is 0 Å². The summed E-state index contributed by atoms with van der Waals surface area (Å²) in [5.74, 6) is 0. The van der Waals surface area contributed by atoms with Crippen LogP contribution < -0.4 is 5.32 Å². The second kappa shape index (κ2) is 4.81. The first-order valence-corrected chi connectivity index (χ1v) is 7.29. The van der Waals surface area contributed by atoms with Crippen LogP contribution in [-0.2, 0) is 4.74 Å². The van der Waals surface area contributed by atoms with Crippen LogP contribution in [0.4, 0.5) is 0 Å². The fourth-order valence-electron chi connectivity index (χ4n) is 1.76. The van der Waals surface area contributed by atoms with Crippen molar-refractivity contribution < 1.29 is 4.74 Å². The van der Waals surface area contributed by atoms with Crippen LogP contribution in [0.15, 0.2) is 10.8 Å². The van der Waals surface area contributed by atoms with E-state index in [1.54, 1.807) is 22.7 Å². The molecule has 1 aliphatic rings. The van der Waals surface area contributed by atoms with E-state index >= 15 is 0 Å². The Kier molecular flexibility index (Phi) is 3.19. The van der Waals surface area contributed by atoms with Crippen molar-refractivity contribution in [2.24, 2.45) is 0 Å². The van der Waals surface area contributed by atoms with Gasteiger partial charge in [0.15, 0.2) is 0 Å². The summed E-state index contributed by atoms with van der Waals surface area (Å²) < 4.78 is 5.69. The summed E-state index contributed by atoms with van der Waals surface area (Å²) in [6.45, 7) is 4.55. The van der Waals surface area contributed by atoms with Gasteiger partial charge in [-0.15, -0.1) is 22.7 Å². The number of nitrogens with zero attached hydrogens (tertiary/aromatic N) is 2. The molecule has 2 aromatic heterocycles. The number of rotatable bonds is 2. The highest BCUT2D eigenvalue weighted by atomic mass is 32.1. The first-order chi connectivity index (χ1) is 8.33. The predicted molar refractivity (Wildman–Crippen MR) is 69.5 cm³/mol. The van der Waals surface area contributed by atoms with Crippen LogP contribution in [-0.4, -0.2) is 29.7 Å². The normalized spacial score (nSPS) is 20.6. The fourth-order valence-corrected chi connectivity index (χ4v) is 3.22. The van der Waals surface area contributed by atoms with Gasteiger partial charge in [-0.25, -0.2) is 9.97 Å². The number of morpholine rings is 1. The summed E-state index contributed by atoms with van der Waals surface area (Å²) in [6, 6.07) is 0. The highest BCUT2D eigenvalue weighted by molar-refractivity contribution is 7.10. The minimum atomic E-state index is 0.0993. The molecule has 6 heteroatoms. The van der Waals surface area contributed by atoms with Gasteiger partial charge >= 0.3 is 0 Å². The average Bonchev–Trinajstić information content (AvgIpc) is 2.98. The summed E-state index contributed by atoms with van der Waals surface area (Å²) in [5.41, 5.74) is 1.93. The maximum absolute atomic E-state index is 5.69. The summed E-state index contributed by atoms with van der Waals surface area (Å²) >= 11 is 3.30. The third-order valence-electron chi connectivity index (χ3n) is 2.61. The van der Waals surface area contributed by atoms with Crippen LogP contribution in [0.25, 0.3) is 11.4 Å². The van der Waals surface area contributed by atoms with E-state index in [1.807, 2.05) is 12.3 Å². The summed E-state index contributed by atoms with van der Waals surface area (Å²) in [5, 5.41) is 9.54. The molecule has 1 N–H and O–H groups in total. The molecule has 3 heterocycles. The molecule has 0 saturated carbocycles. The lowest BCUT2D eigenvalue weighted by atomic mass is 10.3. The summed E-state index contributed by atoms with van der Waals surface area (Å²) in [4.78, 5) is 9.06. The predicted octanol–water partition coefficient (Wildman–Crippen LogP) is 2.24. The van der Waals surface area contributed by atoms with Crippen molar-refractivity contribution in [2.75, 3.05) is 19.7 Å². The fraction of sp³-hybridized carbons (Fsp3) is 0.455. The molecule has 0 bridgehead atoms. The molecule has 4 nitrogen and oxygen atoms in total. The van der Waals surface area contributed by atoms with E-state index in [-0.39, 0.29) is 6.10 Å². The molecule has 0 aromatic carbocycles. The molecular formula is C11H13N3OS2. The van der Waals surface area contributed by atoms with Crippen LogP contribution in [0.1, 0.15) is 16.1 Å². The first kappa shape index (κ1) is 11.3. The third-order valence-corrected chi connectivity index (χ3v) is 4.32. The lowest BCUT2D eigenvalue weighted by Gasteiger charge is -2.21. The molecule has 1 atom stereocenters. The molecule has 1 fully saturated rings. The first-order valence-electron chi connectivity index (χ1n) is 5.53. The summed E-state index contributed by atoms with van der Waals surface area (Å²) in [6.07, 6.45) is 0.0993. The molecule has 0 radical (unpaired) electrons. The van der Waals surface area contributed by atoms with Crippen LogP contribution in [0.2, 0.25) is 0 Å². The average molecular weight is 267 g/mol. The molecule has 1 unspecified atom stereocenters. The SMILES string of the molecule is Cc1nc(-c2csc(C3CNCCO3)n2)cs1. The zero-order valence-electron chi connectivity index (χ0n) is 9.47.